The fourth-order valence-corrected chi connectivity index (χ4v) is 3.26. The van der Waals surface area contributed by atoms with E-state index >= 15 is 0 Å². The lowest BCUT2D eigenvalue weighted by Crippen LogP contribution is -2.29. The smallest absolute Gasteiger partial charge is 0.275 e. The zero-order valence-corrected chi connectivity index (χ0v) is 15.2. The Kier molecular flexibility index (Phi) is 4.38. The van der Waals surface area contributed by atoms with E-state index in [1.54, 1.807) is 29.7 Å². The first-order valence-corrected chi connectivity index (χ1v) is 8.74. The Morgan fingerprint density at radius 3 is 2.71 bits per heavy atom. The van der Waals surface area contributed by atoms with Gasteiger partial charge in [-0.05, 0) is 25.1 Å². The molecule has 1 N–H and O–H groups in total. The van der Waals surface area contributed by atoms with Crippen LogP contribution in [0.1, 0.15) is 21.9 Å². The van der Waals surface area contributed by atoms with Crippen LogP contribution in [0.4, 0.5) is 0 Å². The summed E-state index contributed by atoms with van der Waals surface area (Å²) in [6.07, 6.45) is 7.15. The number of aryl methyl sites for hydroxylation is 1. The van der Waals surface area contributed by atoms with Gasteiger partial charge in [0, 0.05) is 11.6 Å². The number of amides is 1. The molecule has 138 valence electrons. The number of nitrogens with zero attached hydrogens (tertiary/aromatic N) is 4. The minimum atomic E-state index is -0.267. The van der Waals surface area contributed by atoms with Crippen molar-refractivity contribution in [3.8, 4) is 12.3 Å². The topological polar surface area (TPSA) is 81.3 Å². The molecule has 28 heavy (non-hydrogen) atoms. The van der Waals surface area contributed by atoms with Crippen molar-refractivity contribution in [1.82, 2.24) is 24.5 Å². The van der Waals surface area contributed by atoms with E-state index in [4.69, 9.17) is 6.42 Å². The first kappa shape index (κ1) is 17.5. The molecule has 3 aromatic heterocycles. The van der Waals surface area contributed by atoms with Crippen molar-refractivity contribution in [2.75, 3.05) is 0 Å². The third-order valence-corrected chi connectivity index (χ3v) is 4.52. The zero-order valence-electron chi connectivity index (χ0n) is 15.2. The number of carbonyl (C=O) groups excluding carboxylic acids is 1. The first-order valence-electron chi connectivity index (χ1n) is 8.74. The van der Waals surface area contributed by atoms with Crippen LogP contribution in [0.25, 0.3) is 16.4 Å². The Labute approximate surface area is 160 Å². The molecule has 0 aliphatic rings. The van der Waals surface area contributed by atoms with Gasteiger partial charge in [-0.1, -0.05) is 30.2 Å². The number of terminal acetylenes is 1. The van der Waals surface area contributed by atoms with E-state index in [0.29, 0.717) is 33.5 Å². The molecule has 0 saturated heterocycles. The molecule has 7 heteroatoms. The van der Waals surface area contributed by atoms with Crippen LogP contribution in [0.15, 0.2) is 53.5 Å². The SMILES string of the molecule is C#CCn1nc(CNC(=O)c2c(C)nc3ccccn23)c2ccccc2c1=O. The Bertz CT molecular complexity index is 1310. The average Bonchev–Trinajstić information content (AvgIpc) is 3.05. The van der Waals surface area contributed by atoms with Crippen molar-refractivity contribution in [2.45, 2.75) is 20.0 Å². The molecular weight excluding hydrogens is 354 g/mol. The van der Waals surface area contributed by atoms with E-state index in [-0.39, 0.29) is 24.6 Å². The molecule has 0 spiro atoms. The summed E-state index contributed by atoms with van der Waals surface area (Å²) >= 11 is 0. The maximum absolute atomic E-state index is 12.8. The van der Waals surface area contributed by atoms with Crippen LogP contribution in [-0.2, 0) is 13.1 Å². The van der Waals surface area contributed by atoms with Crippen molar-refractivity contribution in [2.24, 2.45) is 0 Å². The minimum Gasteiger partial charge on any atom is -0.345 e. The lowest BCUT2D eigenvalue weighted by atomic mass is 10.1. The van der Waals surface area contributed by atoms with Gasteiger partial charge in [0.2, 0.25) is 0 Å². The Hall–Kier alpha value is -3.92. The number of pyridine rings is 1. The molecule has 0 fully saturated rings. The summed E-state index contributed by atoms with van der Waals surface area (Å²) in [5.41, 5.74) is 2.14. The standard InChI is InChI=1S/C21H17N5O2/c1-3-11-26-21(28)16-9-5-4-8-15(16)17(24-26)13-22-20(27)19-14(2)23-18-10-6-7-12-25(18)19/h1,4-10,12H,11,13H2,2H3,(H,22,27). The van der Waals surface area contributed by atoms with E-state index in [0.717, 1.165) is 0 Å². The predicted octanol–water partition coefficient (Wildman–Crippen LogP) is 1.92. The highest BCUT2D eigenvalue weighted by molar-refractivity contribution is 5.95. The van der Waals surface area contributed by atoms with E-state index in [1.807, 2.05) is 30.3 Å². The van der Waals surface area contributed by atoms with Gasteiger partial charge in [-0.15, -0.1) is 6.42 Å². The van der Waals surface area contributed by atoms with Crippen LogP contribution >= 0.6 is 0 Å². The fraction of sp³-hybridized carbons (Fsp3) is 0.143. The van der Waals surface area contributed by atoms with Crippen molar-refractivity contribution in [1.29, 1.82) is 0 Å². The monoisotopic (exact) mass is 371 g/mol. The van der Waals surface area contributed by atoms with Crippen molar-refractivity contribution < 1.29 is 4.79 Å². The predicted molar refractivity (Wildman–Crippen MR) is 106 cm³/mol. The molecule has 0 aliphatic heterocycles. The Balaban J connectivity index is 1.70. The Morgan fingerprint density at radius 1 is 1.18 bits per heavy atom. The van der Waals surface area contributed by atoms with Gasteiger partial charge in [0.05, 0.1) is 23.3 Å². The van der Waals surface area contributed by atoms with Crippen LogP contribution in [0.3, 0.4) is 0 Å². The van der Waals surface area contributed by atoms with Gasteiger partial charge in [-0.2, -0.15) is 5.10 Å². The zero-order chi connectivity index (χ0) is 19.7. The largest absolute Gasteiger partial charge is 0.345 e. The maximum atomic E-state index is 12.8. The van der Waals surface area contributed by atoms with Gasteiger partial charge in [0.25, 0.3) is 11.5 Å². The summed E-state index contributed by atoms with van der Waals surface area (Å²) < 4.78 is 2.98. The second kappa shape index (κ2) is 7.00. The number of aromatic nitrogens is 4. The van der Waals surface area contributed by atoms with E-state index in [1.165, 1.54) is 4.68 Å². The summed E-state index contributed by atoms with van der Waals surface area (Å²) in [5.74, 6) is 2.17. The first-order chi connectivity index (χ1) is 13.6. The molecule has 0 aliphatic carbocycles. The molecule has 0 radical (unpaired) electrons. The van der Waals surface area contributed by atoms with Crippen LogP contribution < -0.4 is 10.9 Å². The number of benzene rings is 1. The molecule has 7 nitrogen and oxygen atoms in total. The van der Waals surface area contributed by atoms with Crippen molar-refractivity contribution in [3.63, 3.8) is 0 Å². The third-order valence-electron chi connectivity index (χ3n) is 4.52. The third kappa shape index (κ3) is 2.91. The van der Waals surface area contributed by atoms with Gasteiger partial charge >= 0.3 is 0 Å². The maximum Gasteiger partial charge on any atom is 0.275 e. The normalized spacial score (nSPS) is 10.9. The van der Waals surface area contributed by atoms with Crippen LogP contribution in [0, 0.1) is 19.3 Å². The van der Waals surface area contributed by atoms with Gasteiger partial charge in [-0.3, -0.25) is 14.0 Å². The lowest BCUT2D eigenvalue weighted by molar-refractivity contribution is 0.0944. The van der Waals surface area contributed by atoms with E-state index in [9.17, 15) is 9.59 Å². The fourth-order valence-electron chi connectivity index (χ4n) is 3.26. The molecular formula is C21H17N5O2. The molecule has 0 atom stereocenters. The average molecular weight is 371 g/mol. The second-order valence-corrected chi connectivity index (χ2v) is 6.32. The number of nitrogens with one attached hydrogen (secondary N) is 1. The number of carbonyl (C=O) groups is 1. The van der Waals surface area contributed by atoms with Crippen LogP contribution in [0.5, 0.6) is 0 Å². The molecule has 3 heterocycles. The van der Waals surface area contributed by atoms with Gasteiger partial charge in [0.15, 0.2) is 0 Å². The second-order valence-electron chi connectivity index (χ2n) is 6.32. The summed E-state index contributed by atoms with van der Waals surface area (Å²) in [6, 6.07) is 12.7. The summed E-state index contributed by atoms with van der Waals surface area (Å²) in [7, 11) is 0. The highest BCUT2D eigenvalue weighted by Gasteiger charge is 2.17. The van der Waals surface area contributed by atoms with Gasteiger partial charge in [-0.25, -0.2) is 9.67 Å². The Morgan fingerprint density at radius 2 is 1.93 bits per heavy atom. The quantitative estimate of drug-likeness (QED) is 0.556. The number of rotatable bonds is 4. The summed E-state index contributed by atoms with van der Waals surface area (Å²) in [5, 5.41) is 8.45. The van der Waals surface area contributed by atoms with Crippen LogP contribution in [0.2, 0.25) is 0 Å². The van der Waals surface area contributed by atoms with Gasteiger partial charge < -0.3 is 5.32 Å². The van der Waals surface area contributed by atoms with Crippen molar-refractivity contribution >= 4 is 22.3 Å². The summed E-state index contributed by atoms with van der Waals surface area (Å²) in [4.78, 5) is 29.7. The number of fused-ring (bicyclic) bond motifs is 2. The minimum absolute atomic E-state index is 0.0665. The summed E-state index contributed by atoms with van der Waals surface area (Å²) in [6.45, 7) is 2.02. The highest BCUT2D eigenvalue weighted by atomic mass is 16.2. The van der Waals surface area contributed by atoms with Crippen LogP contribution in [-0.4, -0.2) is 25.1 Å². The number of hydrogen-bond donors (Lipinski definition) is 1. The molecule has 0 unspecified atom stereocenters. The van der Waals surface area contributed by atoms with E-state index in [2.05, 4.69) is 21.3 Å². The number of hydrogen-bond acceptors (Lipinski definition) is 4. The molecule has 0 bridgehead atoms. The molecule has 4 aromatic rings. The molecule has 1 aromatic carbocycles. The van der Waals surface area contributed by atoms with Crippen molar-refractivity contribution in [3.05, 3.63) is 76.1 Å². The highest BCUT2D eigenvalue weighted by Crippen LogP contribution is 2.15. The number of imidazole rings is 1. The molecule has 0 saturated carbocycles. The lowest BCUT2D eigenvalue weighted by Gasteiger charge is -2.10. The van der Waals surface area contributed by atoms with Gasteiger partial charge in [0.1, 0.15) is 17.9 Å². The molecule has 1 amide bonds. The van der Waals surface area contributed by atoms with E-state index < -0.39 is 0 Å². The molecule has 4 rings (SSSR count).